The summed E-state index contributed by atoms with van der Waals surface area (Å²) in [6.07, 6.45) is -0.00269. The number of carbonyl (C=O) groups excluding carboxylic acids is 1. The van der Waals surface area contributed by atoms with Crippen LogP contribution in [0.5, 0.6) is 0 Å². The summed E-state index contributed by atoms with van der Waals surface area (Å²) in [4.78, 5) is 11.9. The fourth-order valence-electron chi connectivity index (χ4n) is 2.28. The van der Waals surface area contributed by atoms with Crippen LogP contribution in [-0.4, -0.2) is 29.4 Å². The van der Waals surface area contributed by atoms with Crippen molar-refractivity contribution in [3.63, 3.8) is 0 Å². The van der Waals surface area contributed by atoms with Crippen molar-refractivity contribution in [2.24, 2.45) is 5.92 Å². The number of rotatable bonds is 4. The molecular weight excluding hydrogens is 242 g/mol. The minimum atomic E-state index is -0.922. The van der Waals surface area contributed by atoms with E-state index < -0.39 is 12.4 Å². The Morgan fingerprint density at radius 1 is 1.32 bits per heavy atom. The molecule has 1 aromatic carbocycles. The van der Waals surface area contributed by atoms with E-state index in [1.807, 2.05) is 44.2 Å². The van der Waals surface area contributed by atoms with Gasteiger partial charge in [0.05, 0.1) is 6.04 Å². The van der Waals surface area contributed by atoms with Crippen molar-refractivity contribution in [2.45, 2.75) is 45.1 Å². The van der Waals surface area contributed by atoms with Gasteiger partial charge in [-0.1, -0.05) is 44.2 Å². The summed E-state index contributed by atoms with van der Waals surface area (Å²) < 4.78 is 5.40. The number of aryl methyl sites for hydroxylation is 1. The van der Waals surface area contributed by atoms with Crippen molar-refractivity contribution < 1.29 is 14.6 Å². The van der Waals surface area contributed by atoms with Gasteiger partial charge in [-0.05, 0) is 24.3 Å². The summed E-state index contributed by atoms with van der Waals surface area (Å²) in [7, 11) is 0. The normalized spacial score (nSPS) is 27.4. The third-order valence-electron chi connectivity index (χ3n) is 3.41. The highest BCUT2D eigenvalue weighted by Gasteiger charge is 2.36. The number of benzene rings is 1. The SMILES string of the molecule is CC(C)[C@@H]1OC(O)[C@H](CCc2ccccc2)NC1=O. The minimum absolute atomic E-state index is 0.0599. The molecule has 0 radical (unpaired) electrons. The summed E-state index contributed by atoms with van der Waals surface area (Å²) in [5.41, 5.74) is 1.19. The Labute approximate surface area is 113 Å². The molecule has 1 amide bonds. The average Bonchev–Trinajstić information content (AvgIpc) is 2.40. The van der Waals surface area contributed by atoms with Crippen LogP contribution in [0.15, 0.2) is 30.3 Å². The molecule has 1 aliphatic rings. The molecule has 3 atom stereocenters. The molecule has 104 valence electrons. The first kappa shape index (κ1) is 14.0. The van der Waals surface area contributed by atoms with Crippen molar-refractivity contribution in [3.8, 4) is 0 Å². The Hall–Kier alpha value is -1.39. The van der Waals surface area contributed by atoms with Crippen LogP contribution in [-0.2, 0) is 16.0 Å². The zero-order chi connectivity index (χ0) is 13.8. The number of hydrogen-bond donors (Lipinski definition) is 2. The fraction of sp³-hybridized carbons (Fsp3) is 0.533. The molecule has 0 saturated carbocycles. The highest BCUT2D eigenvalue weighted by molar-refractivity contribution is 5.82. The standard InChI is InChI=1S/C15H21NO3/c1-10(2)13-14(17)16-12(15(18)19-13)9-8-11-6-4-3-5-7-11/h3-7,10,12-13,15,18H,8-9H2,1-2H3,(H,16,17)/t12-,13-,15?/m0/s1. The molecule has 1 aliphatic heterocycles. The summed E-state index contributed by atoms with van der Waals surface area (Å²) in [5, 5.41) is 12.8. The van der Waals surface area contributed by atoms with Crippen LogP contribution >= 0.6 is 0 Å². The molecule has 1 heterocycles. The lowest BCUT2D eigenvalue weighted by molar-refractivity contribution is -0.196. The smallest absolute Gasteiger partial charge is 0.249 e. The molecule has 1 aromatic rings. The maximum atomic E-state index is 11.9. The van der Waals surface area contributed by atoms with Crippen LogP contribution in [0.3, 0.4) is 0 Å². The van der Waals surface area contributed by atoms with E-state index >= 15 is 0 Å². The number of aliphatic hydroxyl groups is 1. The number of ether oxygens (including phenoxy) is 1. The molecule has 1 unspecified atom stereocenters. The average molecular weight is 263 g/mol. The Morgan fingerprint density at radius 2 is 2.00 bits per heavy atom. The van der Waals surface area contributed by atoms with Gasteiger partial charge in [0.15, 0.2) is 6.29 Å². The molecule has 4 nitrogen and oxygen atoms in total. The maximum absolute atomic E-state index is 11.9. The van der Waals surface area contributed by atoms with Crippen LogP contribution in [0, 0.1) is 5.92 Å². The molecule has 0 bridgehead atoms. The van der Waals surface area contributed by atoms with Crippen molar-refractivity contribution in [1.82, 2.24) is 5.32 Å². The first-order valence-corrected chi connectivity index (χ1v) is 6.75. The number of nitrogens with one attached hydrogen (secondary N) is 1. The molecule has 1 saturated heterocycles. The van der Waals surface area contributed by atoms with E-state index in [9.17, 15) is 9.90 Å². The first-order chi connectivity index (χ1) is 9.08. The van der Waals surface area contributed by atoms with Crippen LogP contribution < -0.4 is 5.32 Å². The number of aliphatic hydroxyl groups excluding tert-OH is 1. The van der Waals surface area contributed by atoms with Gasteiger partial charge in [0, 0.05) is 0 Å². The largest absolute Gasteiger partial charge is 0.366 e. The summed E-state index contributed by atoms with van der Waals surface area (Å²) in [6.45, 7) is 3.81. The van der Waals surface area contributed by atoms with E-state index in [4.69, 9.17) is 4.74 Å². The van der Waals surface area contributed by atoms with Gasteiger partial charge < -0.3 is 15.2 Å². The van der Waals surface area contributed by atoms with E-state index in [-0.39, 0.29) is 17.9 Å². The molecule has 0 aromatic heterocycles. The topological polar surface area (TPSA) is 58.6 Å². The maximum Gasteiger partial charge on any atom is 0.249 e. The fourth-order valence-corrected chi connectivity index (χ4v) is 2.28. The monoisotopic (exact) mass is 263 g/mol. The van der Waals surface area contributed by atoms with E-state index in [0.717, 1.165) is 6.42 Å². The summed E-state index contributed by atoms with van der Waals surface area (Å²) in [5.74, 6) is -0.0666. The van der Waals surface area contributed by atoms with E-state index in [2.05, 4.69) is 5.32 Å². The molecule has 0 spiro atoms. The number of hydrogen-bond acceptors (Lipinski definition) is 3. The third kappa shape index (κ3) is 3.55. The second-order valence-electron chi connectivity index (χ2n) is 5.33. The molecule has 0 aliphatic carbocycles. The van der Waals surface area contributed by atoms with Crippen molar-refractivity contribution in [2.75, 3.05) is 0 Å². The van der Waals surface area contributed by atoms with Crippen LogP contribution in [0.25, 0.3) is 0 Å². The molecule has 19 heavy (non-hydrogen) atoms. The zero-order valence-corrected chi connectivity index (χ0v) is 11.4. The Balaban J connectivity index is 1.90. The lowest BCUT2D eigenvalue weighted by Gasteiger charge is -2.35. The molecular formula is C15H21NO3. The molecule has 2 N–H and O–H groups in total. The van der Waals surface area contributed by atoms with E-state index in [1.54, 1.807) is 0 Å². The minimum Gasteiger partial charge on any atom is -0.366 e. The third-order valence-corrected chi connectivity index (χ3v) is 3.41. The van der Waals surface area contributed by atoms with E-state index in [1.165, 1.54) is 5.56 Å². The van der Waals surface area contributed by atoms with Crippen molar-refractivity contribution in [1.29, 1.82) is 0 Å². The lowest BCUT2D eigenvalue weighted by Crippen LogP contribution is -2.57. The van der Waals surface area contributed by atoms with Gasteiger partial charge in [-0.2, -0.15) is 0 Å². The van der Waals surface area contributed by atoms with Gasteiger partial charge in [-0.25, -0.2) is 0 Å². The van der Waals surface area contributed by atoms with Gasteiger partial charge >= 0.3 is 0 Å². The Bertz CT molecular complexity index is 419. The number of amides is 1. The van der Waals surface area contributed by atoms with Gasteiger partial charge in [-0.15, -0.1) is 0 Å². The number of morpholine rings is 1. The second kappa shape index (κ2) is 6.17. The Morgan fingerprint density at radius 3 is 2.63 bits per heavy atom. The Kier molecular flexibility index (Phi) is 4.56. The molecule has 2 rings (SSSR count). The van der Waals surface area contributed by atoms with Gasteiger partial charge in [0.25, 0.3) is 0 Å². The van der Waals surface area contributed by atoms with Gasteiger partial charge in [0.2, 0.25) is 5.91 Å². The molecule has 4 heteroatoms. The van der Waals surface area contributed by atoms with Gasteiger partial charge in [0.1, 0.15) is 6.10 Å². The van der Waals surface area contributed by atoms with Crippen molar-refractivity contribution in [3.05, 3.63) is 35.9 Å². The zero-order valence-electron chi connectivity index (χ0n) is 11.4. The first-order valence-electron chi connectivity index (χ1n) is 6.75. The molecule has 1 fully saturated rings. The predicted octanol–water partition coefficient (Wildman–Crippen LogP) is 1.48. The lowest BCUT2D eigenvalue weighted by atomic mass is 10.00. The summed E-state index contributed by atoms with van der Waals surface area (Å²) in [6, 6.07) is 9.68. The van der Waals surface area contributed by atoms with Gasteiger partial charge in [-0.3, -0.25) is 4.79 Å². The van der Waals surface area contributed by atoms with Crippen LogP contribution in [0.2, 0.25) is 0 Å². The van der Waals surface area contributed by atoms with Crippen molar-refractivity contribution >= 4 is 5.91 Å². The second-order valence-corrected chi connectivity index (χ2v) is 5.33. The highest BCUT2D eigenvalue weighted by atomic mass is 16.6. The quantitative estimate of drug-likeness (QED) is 0.865. The van der Waals surface area contributed by atoms with E-state index in [0.29, 0.717) is 6.42 Å². The highest BCUT2D eigenvalue weighted by Crippen LogP contribution is 2.18. The number of carbonyl (C=O) groups is 1. The van der Waals surface area contributed by atoms with Crippen LogP contribution in [0.4, 0.5) is 0 Å². The summed E-state index contributed by atoms with van der Waals surface area (Å²) >= 11 is 0. The predicted molar refractivity (Wildman–Crippen MR) is 72.4 cm³/mol. The van der Waals surface area contributed by atoms with Crippen LogP contribution in [0.1, 0.15) is 25.8 Å².